The lowest BCUT2D eigenvalue weighted by molar-refractivity contribution is 0.0867. The van der Waals surface area contributed by atoms with Crippen LogP contribution in [-0.4, -0.2) is 30.3 Å². The lowest BCUT2D eigenvalue weighted by Crippen LogP contribution is -2.36. The summed E-state index contributed by atoms with van der Waals surface area (Å²) in [5.74, 6) is 0.136. The van der Waals surface area contributed by atoms with E-state index in [2.05, 4.69) is 11.8 Å². The van der Waals surface area contributed by atoms with Crippen molar-refractivity contribution in [3.63, 3.8) is 0 Å². The Hall–Kier alpha value is -0.860. The number of halogens is 1. The second-order valence-electron chi connectivity index (χ2n) is 4.74. The zero-order chi connectivity index (χ0) is 13.5. The fourth-order valence-electron chi connectivity index (χ4n) is 1.89. The standard InChI is InChI=1S/C15H22ClNO/c1-4-5-6-10-17(3)12(2)15(18)13-8-7-9-14(16)11-13/h7-9,11-12H,4-6,10H2,1-3H3. The molecule has 0 heterocycles. The minimum atomic E-state index is -0.0969. The lowest BCUT2D eigenvalue weighted by Gasteiger charge is -2.23. The van der Waals surface area contributed by atoms with Crippen LogP contribution < -0.4 is 0 Å². The van der Waals surface area contributed by atoms with Gasteiger partial charge in [0.15, 0.2) is 5.78 Å². The van der Waals surface area contributed by atoms with Crippen molar-refractivity contribution in [2.45, 2.75) is 39.2 Å². The van der Waals surface area contributed by atoms with Gasteiger partial charge in [-0.25, -0.2) is 0 Å². The molecular formula is C15H22ClNO. The van der Waals surface area contributed by atoms with Crippen LogP contribution in [0.1, 0.15) is 43.5 Å². The molecule has 0 radical (unpaired) electrons. The molecule has 1 aromatic carbocycles. The topological polar surface area (TPSA) is 20.3 Å². The van der Waals surface area contributed by atoms with Crippen LogP contribution in [-0.2, 0) is 0 Å². The van der Waals surface area contributed by atoms with Gasteiger partial charge in [-0.1, -0.05) is 43.5 Å². The van der Waals surface area contributed by atoms with Crippen LogP contribution in [0, 0.1) is 0 Å². The predicted molar refractivity (Wildman–Crippen MR) is 77.4 cm³/mol. The molecule has 1 aromatic rings. The third-order valence-corrected chi connectivity index (χ3v) is 3.50. The van der Waals surface area contributed by atoms with E-state index >= 15 is 0 Å². The first kappa shape index (κ1) is 15.2. The molecule has 0 aliphatic rings. The summed E-state index contributed by atoms with van der Waals surface area (Å²) in [5.41, 5.74) is 0.692. The van der Waals surface area contributed by atoms with E-state index in [0.717, 1.165) is 13.0 Å². The quantitative estimate of drug-likeness (QED) is 0.549. The van der Waals surface area contributed by atoms with E-state index in [0.29, 0.717) is 10.6 Å². The number of likely N-dealkylation sites (N-methyl/N-ethyl adjacent to an activating group) is 1. The summed E-state index contributed by atoms with van der Waals surface area (Å²) in [6, 6.07) is 7.07. The smallest absolute Gasteiger partial charge is 0.179 e. The Kier molecular flexibility index (Phi) is 6.37. The molecule has 1 atom stereocenters. The van der Waals surface area contributed by atoms with Gasteiger partial charge in [0.05, 0.1) is 6.04 Å². The van der Waals surface area contributed by atoms with Crippen molar-refractivity contribution in [3.05, 3.63) is 34.9 Å². The summed E-state index contributed by atoms with van der Waals surface area (Å²) < 4.78 is 0. The van der Waals surface area contributed by atoms with E-state index in [1.54, 1.807) is 12.1 Å². The highest BCUT2D eigenvalue weighted by Gasteiger charge is 2.19. The van der Waals surface area contributed by atoms with E-state index in [1.165, 1.54) is 12.8 Å². The third kappa shape index (κ3) is 4.43. The summed E-state index contributed by atoms with van der Waals surface area (Å²) in [7, 11) is 2.00. The third-order valence-electron chi connectivity index (χ3n) is 3.26. The first-order valence-electron chi connectivity index (χ1n) is 6.56. The monoisotopic (exact) mass is 267 g/mol. The molecule has 18 heavy (non-hydrogen) atoms. The van der Waals surface area contributed by atoms with E-state index in [9.17, 15) is 4.79 Å². The average molecular weight is 268 g/mol. The van der Waals surface area contributed by atoms with Crippen LogP contribution in [0.5, 0.6) is 0 Å². The number of unbranched alkanes of at least 4 members (excludes halogenated alkanes) is 2. The second kappa shape index (κ2) is 7.55. The van der Waals surface area contributed by atoms with Gasteiger partial charge in [-0.05, 0) is 39.1 Å². The Labute approximate surface area is 115 Å². The largest absolute Gasteiger partial charge is 0.297 e. The average Bonchev–Trinajstić information content (AvgIpc) is 2.37. The van der Waals surface area contributed by atoms with E-state index in [-0.39, 0.29) is 11.8 Å². The SMILES string of the molecule is CCCCCN(C)C(C)C(=O)c1cccc(Cl)c1. The highest BCUT2D eigenvalue weighted by Crippen LogP contribution is 2.14. The molecule has 1 rings (SSSR count). The molecule has 0 aromatic heterocycles. The van der Waals surface area contributed by atoms with Crippen molar-refractivity contribution < 1.29 is 4.79 Å². The maximum absolute atomic E-state index is 12.3. The Morgan fingerprint density at radius 3 is 2.72 bits per heavy atom. The maximum Gasteiger partial charge on any atom is 0.179 e. The van der Waals surface area contributed by atoms with Gasteiger partial charge in [-0.15, -0.1) is 0 Å². The fourth-order valence-corrected chi connectivity index (χ4v) is 2.08. The Morgan fingerprint density at radius 2 is 2.11 bits per heavy atom. The van der Waals surface area contributed by atoms with Crippen molar-refractivity contribution in [2.75, 3.05) is 13.6 Å². The number of rotatable bonds is 7. The molecule has 0 N–H and O–H groups in total. The van der Waals surface area contributed by atoms with Gasteiger partial charge in [0, 0.05) is 10.6 Å². The molecule has 1 unspecified atom stereocenters. The number of ketones is 1. The summed E-state index contributed by atoms with van der Waals surface area (Å²) in [6.07, 6.45) is 3.55. The van der Waals surface area contributed by atoms with Gasteiger partial charge < -0.3 is 0 Å². The molecule has 0 amide bonds. The molecular weight excluding hydrogens is 246 g/mol. The van der Waals surface area contributed by atoms with Gasteiger partial charge in [-0.2, -0.15) is 0 Å². The highest BCUT2D eigenvalue weighted by atomic mass is 35.5. The Bertz CT molecular complexity index is 392. The van der Waals surface area contributed by atoms with Crippen LogP contribution in [0.15, 0.2) is 24.3 Å². The molecule has 0 aliphatic heterocycles. The summed E-state index contributed by atoms with van der Waals surface area (Å²) >= 11 is 5.91. The minimum absolute atomic E-state index is 0.0969. The van der Waals surface area contributed by atoms with Crippen LogP contribution in [0.25, 0.3) is 0 Å². The molecule has 0 saturated heterocycles. The van der Waals surface area contributed by atoms with E-state index < -0.39 is 0 Å². The molecule has 0 fully saturated rings. The number of benzene rings is 1. The van der Waals surface area contributed by atoms with Gasteiger partial charge >= 0.3 is 0 Å². The first-order valence-corrected chi connectivity index (χ1v) is 6.94. The number of carbonyl (C=O) groups is 1. The van der Waals surface area contributed by atoms with Gasteiger partial charge in [0.25, 0.3) is 0 Å². The molecule has 3 heteroatoms. The van der Waals surface area contributed by atoms with Crippen LogP contribution >= 0.6 is 11.6 Å². The van der Waals surface area contributed by atoms with Crippen molar-refractivity contribution in [1.82, 2.24) is 4.90 Å². The zero-order valence-electron chi connectivity index (χ0n) is 11.4. The van der Waals surface area contributed by atoms with Crippen molar-refractivity contribution in [2.24, 2.45) is 0 Å². The fraction of sp³-hybridized carbons (Fsp3) is 0.533. The number of hydrogen-bond acceptors (Lipinski definition) is 2. The number of nitrogens with zero attached hydrogens (tertiary/aromatic N) is 1. The molecule has 2 nitrogen and oxygen atoms in total. The van der Waals surface area contributed by atoms with E-state index in [1.807, 2.05) is 26.1 Å². The predicted octanol–water partition coefficient (Wildman–Crippen LogP) is 4.03. The Balaban J connectivity index is 2.60. The van der Waals surface area contributed by atoms with Crippen LogP contribution in [0.4, 0.5) is 0 Å². The first-order chi connectivity index (χ1) is 8.56. The summed E-state index contributed by atoms with van der Waals surface area (Å²) in [6.45, 7) is 5.09. The molecule has 100 valence electrons. The van der Waals surface area contributed by atoms with Crippen molar-refractivity contribution in [1.29, 1.82) is 0 Å². The minimum Gasteiger partial charge on any atom is -0.297 e. The summed E-state index contributed by atoms with van der Waals surface area (Å²) in [5, 5.41) is 0.613. The number of hydrogen-bond donors (Lipinski definition) is 0. The molecule has 0 bridgehead atoms. The van der Waals surface area contributed by atoms with E-state index in [4.69, 9.17) is 11.6 Å². The number of carbonyl (C=O) groups excluding carboxylic acids is 1. The molecule has 0 spiro atoms. The highest BCUT2D eigenvalue weighted by molar-refractivity contribution is 6.31. The molecule has 0 saturated carbocycles. The van der Waals surface area contributed by atoms with Crippen LogP contribution in [0.2, 0.25) is 5.02 Å². The van der Waals surface area contributed by atoms with Crippen LogP contribution in [0.3, 0.4) is 0 Å². The Morgan fingerprint density at radius 1 is 1.39 bits per heavy atom. The van der Waals surface area contributed by atoms with Gasteiger partial charge in [-0.3, -0.25) is 9.69 Å². The van der Waals surface area contributed by atoms with Crippen molar-refractivity contribution >= 4 is 17.4 Å². The maximum atomic E-state index is 12.3. The lowest BCUT2D eigenvalue weighted by atomic mass is 10.0. The number of Topliss-reactive ketones (excluding diaryl/α,β-unsaturated/α-hetero) is 1. The second-order valence-corrected chi connectivity index (χ2v) is 5.17. The normalized spacial score (nSPS) is 12.7. The van der Waals surface area contributed by atoms with Gasteiger partial charge in [0.2, 0.25) is 0 Å². The zero-order valence-corrected chi connectivity index (χ0v) is 12.2. The van der Waals surface area contributed by atoms with Crippen molar-refractivity contribution in [3.8, 4) is 0 Å². The summed E-state index contributed by atoms with van der Waals surface area (Å²) in [4.78, 5) is 14.4. The molecule has 0 aliphatic carbocycles. The van der Waals surface area contributed by atoms with Gasteiger partial charge in [0.1, 0.15) is 0 Å².